The molecular formula is C19H25NO. The Kier molecular flexibility index (Phi) is 7.38. The molecule has 0 amide bonds. The maximum Gasteiger partial charge on any atom is 0.151 e. The van der Waals surface area contributed by atoms with E-state index in [0.717, 1.165) is 47.2 Å². The molecule has 21 heavy (non-hydrogen) atoms. The fourth-order valence-corrected chi connectivity index (χ4v) is 2.39. The zero-order chi connectivity index (χ0) is 15.7. The summed E-state index contributed by atoms with van der Waals surface area (Å²) in [5.41, 5.74) is 3.00. The van der Waals surface area contributed by atoms with Gasteiger partial charge in [-0.2, -0.15) is 0 Å². The van der Waals surface area contributed by atoms with E-state index in [0.29, 0.717) is 0 Å². The van der Waals surface area contributed by atoms with Crippen molar-refractivity contribution >= 4 is 18.4 Å². The van der Waals surface area contributed by atoms with E-state index in [2.05, 4.69) is 29.3 Å². The highest BCUT2D eigenvalue weighted by atomic mass is 16.1. The minimum Gasteiger partial charge on any atom is -0.298 e. The summed E-state index contributed by atoms with van der Waals surface area (Å²) in [6, 6.07) is 0. The quantitative estimate of drug-likeness (QED) is 0.626. The molecule has 0 aromatic carbocycles. The zero-order valence-electron chi connectivity index (χ0n) is 13.5. The van der Waals surface area contributed by atoms with E-state index < -0.39 is 0 Å². The predicted octanol–water partition coefficient (Wildman–Crippen LogP) is 3.34. The Balaban J connectivity index is 0.00000106. The summed E-state index contributed by atoms with van der Waals surface area (Å²) in [4.78, 5) is 15.9. The average molecular weight is 283 g/mol. The number of carbonyl (C=O) groups excluding carboxylic acids is 1. The van der Waals surface area contributed by atoms with E-state index in [1.807, 2.05) is 40.0 Å². The third-order valence-electron chi connectivity index (χ3n) is 3.39. The monoisotopic (exact) mass is 283 g/mol. The van der Waals surface area contributed by atoms with Gasteiger partial charge in [0.25, 0.3) is 0 Å². The van der Waals surface area contributed by atoms with Crippen LogP contribution in [0.4, 0.5) is 0 Å². The topological polar surface area (TPSA) is 30.0 Å². The molecule has 1 aromatic rings. The molecule has 1 aromatic heterocycles. The molecule has 0 aliphatic heterocycles. The lowest BCUT2D eigenvalue weighted by molar-refractivity contribution is 0.112. The Morgan fingerprint density at radius 1 is 1.24 bits per heavy atom. The van der Waals surface area contributed by atoms with Crippen LogP contribution in [0.3, 0.4) is 0 Å². The number of carbonyl (C=O) groups is 1. The summed E-state index contributed by atoms with van der Waals surface area (Å²) >= 11 is 0. The molecule has 0 saturated heterocycles. The van der Waals surface area contributed by atoms with Gasteiger partial charge in [-0.05, 0) is 44.2 Å². The van der Waals surface area contributed by atoms with Crippen molar-refractivity contribution in [1.29, 1.82) is 0 Å². The lowest BCUT2D eigenvalue weighted by Crippen LogP contribution is -2.34. The van der Waals surface area contributed by atoms with Gasteiger partial charge in [0.2, 0.25) is 0 Å². The summed E-state index contributed by atoms with van der Waals surface area (Å²) in [6.07, 6.45) is 16.0. The van der Waals surface area contributed by atoms with Crippen LogP contribution >= 0.6 is 0 Å². The number of hydrogen-bond acceptors (Lipinski definition) is 2. The normalized spacial score (nSPS) is 13.6. The van der Waals surface area contributed by atoms with E-state index in [1.54, 1.807) is 0 Å². The van der Waals surface area contributed by atoms with Gasteiger partial charge in [-0.1, -0.05) is 44.2 Å². The van der Waals surface area contributed by atoms with Crippen LogP contribution in [0.15, 0.2) is 30.0 Å². The van der Waals surface area contributed by atoms with E-state index in [4.69, 9.17) is 0 Å². The Labute approximate surface area is 127 Å². The molecule has 0 saturated carbocycles. The van der Waals surface area contributed by atoms with Crippen LogP contribution in [0.2, 0.25) is 0 Å². The fourth-order valence-electron chi connectivity index (χ4n) is 2.39. The highest BCUT2D eigenvalue weighted by molar-refractivity contribution is 5.78. The molecule has 1 aliphatic rings. The first-order valence-corrected chi connectivity index (χ1v) is 7.71. The average Bonchev–Trinajstić information content (AvgIpc) is 2.56. The molecule has 0 radical (unpaired) electrons. The van der Waals surface area contributed by atoms with Crippen LogP contribution in [0.25, 0.3) is 12.2 Å². The van der Waals surface area contributed by atoms with Gasteiger partial charge >= 0.3 is 0 Å². The third-order valence-corrected chi connectivity index (χ3v) is 3.39. The molecule has 0 spiro atoms. The first kappa shape index (κ1) is 17.1. The van der Waals surface area contributed by atoms with Crippen molar-refractivity contribution < 1.29 is 4.79 Å². The summed E-state index contributed by atoms with van der Waals surface area (Å²) in [7, 11) is 0. The first-order valence-electron chi connectivity index (χ1n) is 7.71. The van der Waals surface area contributed by atoms with Gasteiger partial charge < -0.3 is 0 Å². The summed E-state index contributed by atoms with van der Waals surface area (Å²) < 4.78 is 0. The van der Waals surface area contributed by atoms with E-state index in [-0.39, 0.29) is 0 Å². The summed E-state index contributed by atoms with van der Waals surface area (Å²) in [5, 5.41) is 1.96. The summed E-state index contributed by atoms with van der Waals surface area (Å²) in [5.74, 6) is 0. The van der Waals surface area contributed by atoms with Crippen LogP contribution in [0.5, 0.6) is 0 Å². The maximum atomic E-state index is 11.4. The maximum absolute atomic E-state index is 11.4. The Morgan fingerprint density at radius 2 is 1.95 bits per heavy atom. The number of pyridine rings is 1. The standard InChI is InChI=1S/C17H19NO.C2H6/c1-3-7-13(4-2)10-14-11-18-17-9-6-5-8-15(17)16(14)12-19;1-2/h3-4,7-9,11-12H,5-6,10H2,1-2H3;1-2H3/b7-3-,13-4+;. The van der Waals surface area contributed by atoms with Gasteiger partial charge in [-0.25, -0.2) is 0 Å². The second-order valence-electron chi connectivity index (χ2n) is 4.64. The van der Waals surface area contributed by atoms with Crippen LogP contribution in [-0.4, -0.2) is 11.3 Å². The number of rotatable bonds is 4. The lowest BCUT2D eigenvalue weighted by Gasteiger charge is -2.08. The van der Waals surface area contributed by atoms with Crippen molar-refractivity contribution in [3.63, 3.8) is 0 Å². The summed E-state index contributed by atoms with van der Waals surface area (Å²) in [6.45, 7) is 8.01. The van der Waals surface area contributed by atoms with Crippen LogP contribution < -0.4 is 10.6 Å². The molecule has 0 unspecified atom stereocenters. The van der Waals surface area contributed by atoms with Crippen molar-refractivity contribution in [2.24, 2.45) is 0 Å². The number of nitrogens with zero attached hydrogens (tertiary/aromatic N) is 1. The van der Waals surface area contributed by atoms with Crippen LogP contribution in [0.1, 0.15) is 56.5 Å². The third kappa shape index (κ3) is 4.25. The van der Waals surface area contributed by atoms with E-state index in [1.165, 1.54) is 5.57 Å². The van der Waals surface area contributed by atoms with E-state index >= 15 is 0 Å². The van der Waals surface area contributed by atoms with Crippen LogP contribution in [-0.2, 0) is 6.42 Å². The van der Waals surface area contributed by atoms with Crippen molar-refractivity contribution in [3.8, 4) is 0 Å². The highest BCUT2D eigenvalue weighted by Gasteiger charge is 2.08. The van der Waals surface area contributed by atoms with Gasteiger partial charge in [-0.15, -0.1) is 0 Å². The highest BCUT2D eigenvalue weighted by Crippen LogP contribution is 2.10. The number of aldehydes is 1. The molecule has 1 heterocycles. The number of fused-ring (bicyclic) bond motifs is 1. The molecular weight excluding hydrogens is 258 g/mol. The molecule has 112 valence electrons. The molecule has 0 N–H and O–H groups in total. The molecule has 2 nitrogen and oxygen atoms in total. The molecule has 0 bridgehead atoms. The Bertz CT molecular complexity index is 651. The van der Waals surface area contributed by atoms with Gasteiger partial charge in [0.05, 0.1) is 5.35 Å². The second kappa shape index (κ2) is 9.06. The van der Waals surface area contributed by atoms with Crippen LogP contribution in [0, 0.1) is 0 Å². The molecule has 2 heteroatoms. The Morgan fingerprint density at radius 3 is 2.57 bits per heavy atom. The minimum atomic E-state index is 0.753. The van der Waals surface area contributed by atoms with Gasteiger partial charge in [0.1, 0.15) is 0 Å². The van der Waals surface area contributed by atoms with Gasteiger partial charge in [0.15, 0.2) is 6.29 Å². The molecule has 0 fully saturated rings. The number of hydrogen-bond donors (Lipinski definition) is 0. The molecule has 2 rings (SSSR count). The molecule has 1 aliphatic carbocycles. The minimum absolute atomic E-state index is 0.753. The van der Waals surface area contributed by atoms with Crippen molar-refractivity contribution in [2.45, 2.75) is 47.0 Å². The number of allylic oxidation sites excluding steroid dienone is 4. The van der Waals surface area contributed by atoms with Crippen molar-refractivity contribution in [3.05, 3.63) is 51.7 Å². The predicted molar refractivity (Wildman–Crippen MR) is 90.7 cm³/mol. The smallest absolute Gasteiger partial charge is 0.151 e. The first-order chi connectivity index (χ1) is 10.3. The second-order valence-corrected chi connectivity index (χ2v) is 4.64. The number of aromatic nitrogens is 1. The van der Waals surface area contributed by atoms with Gasteiger partial charge in [-0.3, -0.25) is 9.78 Å². The zero-order valence-corrected chi connectivity index (χ0v) is 13.5. The van der Waals surface area contributed by atoms with Crippen molar-refractivity contribution in [2.75, 3.05) is 0 Å². The fraction of sp³-hybridized carbons (Fsp3) is 0.368. The van der Waals surface area contributed by atoms with E-state index in [9.17, 15) is 4.79 Å². The van der Waals surface area contributed by atoms with Gasteiger partial charge in [0, 0.05) is 17.0 Å². The Hall–Kier alpha value is -1.96. The SMILES string of the molecule is C/C=C\C(=C/C)Cc1cnc2c(c1C=O)=CCCC=2.CC. The lowest BCUT2D eigenvalue weighted by atomic mass is 9.98. The molecule has 0 atom stereocenters. The largest absolute Gasteiger partial charge is 0.298 e. The van der Waals surface area contributed by atoms with Crippen molar-refractivity contribution in [1.82, 2.24) is 4.98 Å².